The summed E-state index contributed by atoms with van der Waals surface area (Å²) < 4.78 is 18.4. The van der Waals surface area contributed by atoms with Gasteiger partial charge in [0.2, 0.25) is 0 Å². The standard InChI is InChI=1S/C25H19N3O5/c29-22-3-1-2-4-23(22)32-20-9-5-17(6-10-20)14-28-15-19(26-27-28)16-31-21-11-7-18-8-12-25(30)33-24(18)13-21/h1-13,15,29H,14,16H2. The van der Waals surface area contributed by atoms with Crippen LogP contribution in [0.3, 0.4) is 0 Å². The van der Waals surface area contributed by atoms with Crippen molar-refractivity contribution in [1.29, 1.82) is 0 Å². The van der Waals surface area contributed by atoms with E-state index in [1.165, 1.54) is 6.07 Å². The predicted molar refractivity (Wildman–Crippen MR) is 121 cm³/mol. The third-order valence-corrected chi connectivity index (χ3v) is 4.93. The lowest BCUT2D eigenvalue weighted by Crippen LogP contribution is -2.00. The van der Waals surface area contributed by atoms with E-state index >= 15 is 0 Å². The van der Waals surface area contributed by atoms with Gasteiger partial charge in [-0.2, -0.15) is 0 Å². The summed E-state index contributed by atoms with van der Waals surface area (Å²) in [4.78, 5) is 11.4. The van der Waals surface area contributed by atoms with Crippen molar-refractivity contribution in [2.24, 2.45) is 0 Å². The lowest BCUT2D eigenvalue weighted by Gasteiger charge is -2.08. The van der Waals surface area contributed by atoms with Crippen molar-refractivity contribution in [1.82, 2.24) is 15.0 Å². The number of ether oxygens (including phenoxy) is 2. The van der Waals surface area contributed by atoms with Crippen LogP contribution in [0.5, 0.6) is 23.0 Å². The topological polar surface area (TPSA) is 99.6 Å². The van der Waals surface area contributed by atoms with Crippen LogP contribution in [0.15, 0.2) is 94.3 Å². The van der Waals surface area contributed by atoms with Gasteiger partial charge < -0.3 is 19.0 Å². The number of phenolic OH excluding ortho intramolecular Hbond substituents is 1. The van der Waals surface area contributed by atoms with Crippen LogP contribution in [0.25, 0.3) is 11.0 Å². The Labute approximate surface area is 188 Å². The molecule has 0 spiro atoms. The summed E-state index contributed by atoms with van der Waals surface area (Å²) in [5, 5.41) is 18.9. The van der Waals surface area contributed by atoms with Gasteiger partial charge in [-0.25, -0.2) is 9.48 Å². The van der Waals surface area contributed by atoms with E-state index in [1.54, 1.807) is 41.1 Å². The molecule has 0 saturated heterocycles. The number of hydrogen-bond donors (Lipinski definition) is 1. The van der Waals surface area contributed by atoms with E-state index in [4.69, 9.17) is 13.9 Å². The molecule has 33 heavy (non-hydrogen) atoms. The van der Waals surface area contributed by atoms with E-state index in [1.807, 2.05) is 42.6 Å². The fourth-order valence-corrected chi connectivity index (χ4v) is 3.29. The highest BCUT2D eigenvalue weighted by Gasteiger charge is 2.06. The second-order valence-electron chi connectivity index (χ2n) is 7.36. The number of aromatic nitrogens is 3. The largest absolute Gasteiger partial charge is 0.504 e. The van der Waals surface area contributed by atoms with Gasteiger partial charge in [-0.1, -0.05) is 29.5 Å². The average molecular weight is 441 g/mol. The van der Waals surface area contributed by atoms with Crippen molar-refractivity contribution in [3.63, 3.8) is 0 Å². The van der Waals surface area contributed by atoms with Crippen molar-refractivity contribution in [2.75, 3.05) is 0 Å². The molecular weight excluding hydrogens is 422 g/mol. The summed E-state index contributed by atoms with van der Waals surface area (Å²) in [5.41, 5.74) is 1.75. The Hall–Kier alpha value is -4.59. The molecule has 8 heteroatoms. The number of para-hydroxylation sites is 2. The van der Waals surface area contributed by atoms with Crippen LogP contribution in [0.2, 0.25) is 0 Å². The van der Waals surface area contributed by atoms with E-state index in [0.717, 1.165) is 10.9 Å². The quantitative estimate of drug-likeness (QED) is 0.371. The molecule has 0 bridgehead atoms. The smallest absolute Gasteiger partial charge is 0.336 e. The van der Waals surface area contributed by atoms with Gasteiger partial charge in [0.1, 0.15) is 29.4 Å². The van der Waals surface area contributed by atoms with Crippen LogP contribution in [0.4, 0.5) is 0 Å². The lowest BCUT2D eigenvalue weighted by atomic mass is 10.2. The number of nitrogens with zero attached hydrogens (tertiary/aromatic N) is 3. The van der Waals surface area contributed by atoms with Crippen LogP contribution in [0.1, 0.15) is 11.3 Å². The molecule has 0 aliphatic rings. The molecule has 2 aromatic heterocycles. The van der Waals surface area contributed by atoms with Gasteiger partial charge >= 0.3 is 5.63 Å². The van der Waals surface area contributed by atoms with Crippen molar-refractivity contribution >= 4 is 11.0 Å². The zero-order valence-electron chi connectivity index (χ0n) is 17.4. The summed E-state index contributed by atoms with van der Waals surface area (Å²) in [7, 11) is 0. The van der Waals surface area contributed by atoms with Gasteiger partial charge in [0.25, 0.3) is 0 Å². The first-order valence-corrected chi connectivity index (χ1v) is 10.2. The van der Waals surface area contributed by atoms with Crippen LogP contribution in [0, 0.1) is 0 Å². The van der Waals surface area contributed by atoms with Gasteiger partial charge in [0.15, 0.2) is 11.5 Å². The highest BCUT2D eigenvalue weighted by atomic mass is 16.5. The highest BCUT2D eigenvalue weighted by molar-refractivity contribution is 5.77. The van der Waals surface area contributed by atoms with E-state index in [9.17, 15) is 9.90 Å². The van der Waals surface area contributed by atoms with Crippen molar-refractivity contribution in [3.05, 3.63) is 107 Å². The van der Waals surface area contributed by atoms with Crippen LogP contribution >= 0.6 is 0 Å². The molecule has 3 aromatic carbocycles. The normalized spacial score (nSPS) is 10.9. The second kappa shape index (κ2) is 8.88. The SMILES string of the molecule is O=c1ccc2ccc(OCc3cn(Cc4ccc(Oc5ccccc5O)cc4)nn3)cc2o1. The molecule has 0 amide bonds. The third kappa shape index (κ3) is 4.85. The van der Waals surface area contributed by atoms with E-state index in [2.05, 4.69) is 10.3 Å². The maximum absolute atomic E-state index is 11.4. The minimum atomic E-state index is -0.402. The molecule has 0 saturated carbocycles. The molecule has 0 atom stereocenters. The monoisotopic (exact) mass is 441 g/mol. The van der Waals surface area contributed by atoms with Gasteiger partial charge in [0, 0.05) is 17.5 Å². The fourth-order valence-electron chi connectivity index (χ4n) is 3.29. The van der Waals surface area contributed by atoms with Gasteiger partial charge in [0.05, 0.1) is 12.7 Å². The van der Waals surface area contributed by atoms with Crippen LogP contribution in [-0.4, -0.2) is 20.1 Å². The minimum Gasteiger partial charge on any atom is -0.504 e. The van der Waals surface area contributed by atoms with Gasteiger partial charge in [-0.3, -0.25) is 0 Å². The number of fused-ring (bicyclic) bond motifs is 1. The van der Waals surface area contributed by atoms with Gasteiger partial charge in [-0.05, 0) is 48.0 Å². The maximum Gasteiger partial charge on any atom is 0.336 e. The first kappa shape index (κ1) is 20.3. The highest BCUT2D eigenvalue weighted by Crippen LogP contribution is 2.30. The van der Waals surface area contributed by atoms with Crippen molar-refractivity contribution in [3.8, 4) is 23.0 Å². The average Bonchev–Trinajstić information content (AvgIpc) is 3.27. The van der Waals surface area contributed by atoms with Crippen LogP contribution < -0.4 is 15.1 Å². The molecule has 0 unspecified atom stereocenters. The Kier molecular flexibility index (Phi) is 5.47. The molecule has 0 radical (unpaired) electrons. The summed E-state index contributed by atoms with van der Waals surface area (Å²) in [6.07, 6.45) is 1.81. The molecule has 0 aliphatic heterocycles. The number of aromatic hydroxyl groups is 1. The molecule has 8 nitrogen and oxygen atoms in total. The number of rotatable bonds is 7. The molecular formula is C25H19N3O5. The van der Waals surface area contributed by atoms with E-state index in [-0.39, 0.29) is 12.4 Å². The zero-order chi connectivity index (χ0) is 22.6. The third-order valence-electron chi connectivity index (χ3n) is 4.93. The second-order valence-corrected chi connectivity index (χ2v) is 7.36. The fraction of sp³-hybridized carbons (Fsp3) is 0.0800. The Bertz CT molecular complexity index is 1460. The summed E-state index contributed by atoms with van der Waals surface area (Å²) in [6.45, 7) is 0.765. The van der Waals surface area contributed by atoms with Crippen molar-refractivity contribution in [2.45, 2.75) is 13.2 Å². The molecule has 5 rings (SSSR count). The number of benzene rings is 3. The first-order chi connectivity index (χ1) is 16.1. The van der Waals surface area contributed by atoms with Crippen molar-refractivity contribution < 1.29 is 19.0 Å². The number of hydrogen-bond acceptors (Lipinski definition) is 7. The molecule has 164 valence electrons. The summed E-state index contributed by atoms with van der Waals surface area (Å²) in [5.74, 6) is 1.69. The van der Waals surface area contributed by atoms with E-state index < -0.39 is 5.63 Å². The molecule has 2 heterocycles. The zero-order valence-corrected chi connectivity index (χ0v) is 17.4. The van der Waals surface area contributed by atoms with E-state index in [0.29, 0.717) is 35.1 Å². The Morgan fingerprint density at radius 1 is 0.939 bits per heavy atom. The Morgan fingerprint density at radius 3 is 2.58 bits per heavy atom. The minimum absolute atomic E-state index is 0.0900. The predicted octanol–water partition coefficient (Wildman–Crippen LogP) is 4.51. The van der Waals surface area contributed by atoms with Gasteiger partial charge in [-0.15, -0.1) is 5.10 Å². The lowest BCUT2D eigenvalue weighted by molar-refractivity contribution is 0.301. The first-order valence-electron chi connectivity index (χ1n) is 10.2. The number of phenols is 1. The molecule has 0 fully saturated rings. The summed E-state index contributed by atoms with van der Waals surface area (Å²) in [6, 6.07) is 22.8. The molecule has 5 aromatic rings. The Balaban J connectivity index is 1.19. The molecule has 0 aliphatic carbocycles. The maximum atomic E-state index is 11.4. The van der Waals surface area contributed by atoms with Crippen LogP contribution in [-0.2, 0) is 13.2 Å². The molecule has 1 N–H and O–H groups in total. The summed E-state index contributed by atoms with van der Waals surface area (Å²) >= 11 is 0. The Morgan fingerprint density at radius 2 is 1.73 bits per heavy atom.